The number of rotatable bonds is 5. The van der Waals surface area contributed by atoms with Gasteiger partial charge in [-0.3, -0.25) is 4.79 Å². The summed E-state index contributed by atoms with van der Waals surface area (Å²) >= 11 is 1.67. The Morgan fingerprint density at radius 1 is 1.06 bits per heavy atom. The molecule has 0 saturated carbocycles. The molecule has 1 aromatic heterocycles. The average Bonchev–Trinajstić information content (AvgIpc) is 3.45. The number of hydrogen-bond acceptors (Lipinski definition) is 5. The summed E-state index contributed by atoms with van der Waals surface area (Å²) in [6.07, 6.45) is 1.74. The van der Waals surface area contributed by atoms with E-state index in [1.807, 2.05) is 23.6 Å². The first-order valence-corrected chi connectivity index (χ1v) is 13.1. The number of likely N-dealkylation sites (N-methyl/N-ethyl adjacent to an activating group) is 1. The maximum absolute atomic E-state index is 13.2. The summed E-state index contributed by atoms with van der Waals surface area (Å²) in [4.78, 5) is 16.6. The summed E-state index contributed by atoms with van der Waals surface area (Å²) in [6.45, 7) is 4.87. The van der Waals surface area contributed by atoms with E-state index < -0.39 is 10.0 Å². The highest BCUT2D eigenvalue weighted by molar-refractivity contribution is 7.89. The van der Waals surface area contributed by atoms with Crippen LogP contribution in [0.1, 0.15) is 33.3 Å². The van der Waals surface area contributed by atoms with Crippen LogP contribution in [0.5, 0.6) is 0 Å². The van der Waals surface area contributed by atoms with Gasteiger partial charge >= 0.3 is 0 Å². The second kappa shape index (κ2) is 8.35. The number of anilines is 2. The van der Waals surface area contributed by atoms with Gasteiger partial charge in [-0.1, -0.05) is 12.1 Å². The zero-order chi connectivity index (χ0) is 22.3. The number of amides is 1. The summed E-state index contributed by atoms with van der Waals surface area (Å²) in [5.41, 5.74) is 4.54. The summed E-state index contributed by atoms with van der Waals surface area (Å²) in [6, 6.07) is 14.2. The lowest BCUT2D eigenvalue weighted by Crippen LogP contribution is -2.35. The minimum atomic E-state index is -3.68. The Bertz CT molecular complexity index is 1280. The molecule has 1 amide bonds. The minimum absolute atomic E-state index is 0.148. The van der Waals surface area contributed by atoms with E-state index in [4.69, 9.17) is 0 Å². The van der Waals surface area contributed by atoms with Gasteiger partial charge in [-0.15, -0.1) is 11.3 Å². The quantitative estimate of drug-likeness (QED) is 0.613. The molecule has 166 valence electrons. The van der Waals surface area contributed by atoms with Crippen molar-refractivity contribution in [3.8, 4) is 0 Å². The zero-order valence-corrected chi connectivity index (χ0v) is 19.5. The first kappa shape index (κ1) is 21.2. The smallest absolute Gasteiger partial charge is 0.255 e. The molecular weight excluding hydrogens is 442 g/mol. The van der Waals surface area contributed by atoms with Crippen LogP contribution < -0.4 is 10.2 Å². The average molecular weight is 468 g/mol. The van der Waals surface area contributed by atoms with Gasteiger partial charge in [0.15, 0.2) is 0 Å². The van der Waals surface area contributed by atoms with E-state index in [1.165, 1.54) is 20.8 Å². The zero-order valence-electron chi connectivity index (χ0n) is 17.9. The fraction of sp³-hybridized carbons (Fsp3) is 0.292. The Morgan fingerprint density at radius 2 is 1.94 bits per heavy atom. The van der Waals surface area contributed by atoms with Crippen molar-refractivity contribution in [3.05, 3.63) is 75.5 Å². The van der Waals surface area contributed by atoms with Gasteiger partial charge in [-0.2, -0.15) is 4.31 Å². The van der Waals surface area contributed by atoms with Gasteiger partial charge in [-0.05, 0) is 72.7 Å². The second-order valence-electron chi connectivity index (χ2n) is 8.11. The number of nitrogens with one attached hydrogen (secondary N) is 1. The standard InChI is InChI=1S/C24H25N3O3S2/c1-2-26-11-8-17-6-7-20(15-22(17)26)25-24(28)18-4-3-5-21(14-18)32(29,30)27-12-9-23-19(16-27)10-13-31-23/h3-7,10,13-15H,2,8-9,11-12,16H2,1H3,(H,25,28). The maximum Gasteiger partial charge on any atom is 0.255 e. The van der Waals surface area contributed by atoms with Crippen molar-refractivity contribution in [2.24, 2.45) is 0 Å². The topological polar surface area (TPSA) is 69.7 Å². The fourth-order valence-electron chi connectivity index (χ4n) is 4.43. The Labute approximate surface area is 192 Å². The monoisotopic (exact) mass is 467 g/mol. The molecule has 32 heavy (non-hydrogen) atoms. The van der Waals surface area contributed by atoms with Crippen LogP contribution in [-0.2, 0) is 29.4 Å². The molecule has 3 aromatic rings. The van der Waals surface area contributed by atoms with Crippen molar-refractivity contribution >= 4 is 38.6 Å². The van der Waals surface area contributed by atoms with Gasteiger partial charge in [0, 0.05) is 48.0 Å². The highest BCUT2D eigenvalue weighted by atomic mass is 32.2. The van der Waals surface area contributed by atoms with Crippen molar-refractivity contribution in [2.45, 2.75) is 31.2 Å². The SMILES string of the molecule is CCN1CCc2ccc(NC(=O)c3cccc(S(=O)(=O)N4CCc5sccc5C4)c3)cc21. The first-order valence-electron chi connectivity index (χ1n) is 10.8. The van der Waals surface area contributed by atoms with Crippen LogP contribution in [0.2, 0.25) is 0 Å². The maximum atomic E-state index is 13.2. The predicted molar refractivity (Wildman–Crippen MR) is 128 cm³/mol. The molecule has 2 aromatic carbocycles. The van der Waals surface area contributed by atoms with E-state index in [2.05, 4.69) is 23.2 Å². The highest BCUT2D eigenvalue weighted by Gasteiger charge is 2.29. The van der Waals surface area contributed by atoms with Gasteiger partial charge in [0.2, 0.25) is 10.0 Å². The molecule has 0 atom stereocenters. The molecule has 3 heterocycles. The van der Waals surface area contributed by atoms with Crippen LogP contribution >= 0.6 is 11.3 Å². The van der Waals surface area contributed by atoms with Crippen molar-refractivity contribution < 1.29 is 13.2 Å². The summed E-state index contributed by atoms with van der Waals surface area (Å²) in [5, 5.41) is 4.93. The van der Waals surface area contributed by atoms with Gasteiger partial charge in [0.05, 0.1) is 4.90 Å². The number of carbonyl (C=O) groups is 1. The van der Waals surface area contributed by atoms with Crippen molar-refractivity contribution in [2.75, 3.05) is 29.9 Å². The van der Waals surface area contributed by atoms with E-state index in [9.17, 15) is 13.2 Å². The molecule has 2 aliphatic heterocycles. The Kier molecular flexibility index (Phi) is 5.53. The highest BCUT2D eigenvalue weighted by Crippen LogP contribution is 2.31. The molecule has 0 spiro atoms. The summed E-state index contributed by atoms with van der Waals surface area (Å²) < 4.78 is 28.0. The van der Waals surface area contributed by atoms with Crippen LogP contribution in [0.15, 0.2) is 58.8 Å². The molecule has 6 nitrogen and oxygen atoms in total. The third kappa shape index (κ3) is 3.83. The molecule has 5 rings (SSSR count). The number of hydrogen-bond donors (Lipinski definition) is 1. The summed E-state index contributed by atoms with van der Waals surface area (Å²) in [7, 11) is -3.68. The van der Waals surface area contributed by atoms with Crippen LogP contribution in [0, 0.1) is 0 Å². The van der Waals surface area contributed by atoms with Gasteiger partial charge in [0.1, 0.15) is 0 Å². The lowest BCUT2D eigenvalue weighted by atomic mass is 10.1. The number of nitrogens with zero attached hydrogens (tertiary/aromatic N) is 2. The second-order valence-corrected chi connectivity index (χ2v) is 11.1. The van der Waals surface area contributed by atoms with Crippen LogP contribution in [0.3, 0.4) is 0 Å². The van der Waals surface area contributed by atoms with Gasteiger partial charge in [0.25, 0.3) is 5.91 Å². The predicted octanol–water partition coefficient (Wildman–Crippen LogP) is 4.13. The molecule has 1 N–H and O–H groups in total. The molecule has 8 heteroatoms. The number of carbonyl (C=O) groups excluding carboxylic acids is 1. The third-order valence-corrected chi connectivity index (χ3v) is 9.09. The number of benzene rings is 2. The van der Waals surface area contributed by atoms with E-state index in [0.29, 0.717) is 24.3 Å². The molecule has 0 unspecified atom stereocenters. The van der Waals surface area contributed by atoms with Gasteiger partial charge < -0.3 is 10.2 Å². The van der Waals surface area contributed by atoms with Crippen molar-refractivity contribution in [1.29, 1.82) is 0 Å². The number of thiophene rings is 1. The minimum Gasteiger partial charge on any atom is -0.371 e. The number of sulfonamides is 1. The van der Waals surface area contributed by atoms with Crippen molar-refractivity contribution in [3.63, 3.8) is 0 Å². The molecule has 0 bridgehead atoms. The fourth-order valence-corrected chi connectivity index (χ4v) is 6.78. The van der Waals surface area contributed by atoms with E-state index in [0.717, 1.165) is 37.2 Å². The van der Waals surface area contributed by atoms with Crippen molar-refractivity contribution in [1.82, 2.24) is 4.31 Å². The normalized spacial score (nSPS) is 16.0. The molecule has 0 radical (unpaired) electrons. The van der Waals surface area contributed by atoms with E-state index >= 15 is 0 Å². The van der Waals surface area contributed by atoms with Gasteiger partial charge in [-0.25, -0.2) is 8.42 Å². The lowest BCUT2D eigenvalue weighted by Gasteiger charge is -2.26. The summed E-state index contributed by atoms with van der Waals surface area (Å²) in [5.74, 6) is -0.318. The Morgan fingerprint density at radius 3 is 2.78 bits per heavy atom. The Hall–Kier alpha value is -2.68. The lowest BCUT2D eigenvalue weighted by molar-refractivity contribution is 0.102. The molecule has 0 saturated heterocycles. The molecule has 2 aliphatic rings. The van der Waals surface area contributed by atoms with E-state index in [-0.39, 0.29) is 10.8 Å². The largest absolute Gasteiger partial charge is 0.371 e. The molecule has 0 aliphatic carbocycles. The van der Waals surface area contributed by atoms with E-state index in [1.54, 1.807) is 29.5 Å². The first-order chi connectivity index (χ1) is 15.5. The third-order valence-electron chi connectivity index (χ3n) is 6.22. The van der Waals surface area contributed by atoms with Crippen LogP contribution in [-0.4, -0.2) is 38.3 Å². The van der Waals surface area contributed by atoms with Crippen LogP contribution in [0.25, 0.3) is 0 Å². The molecular formula is C24H25N3O3S2. The number of fused-ring (bicyclic) bond motifs is 2. The molecule has 0 fully saturated rings. The Balaban J connectivity index is 1.36. The van der Waals surface area contributed by atoms with Crippen LogP contribution in [0.4, 0.5) is 11.4 Å².